The Hall–Kier alpha value is -1.87. The molecule has 0 radical (unpaired) electrons. The third kappa shape index (κ3) is 4.80. The Morgan fingerprint density at radius 3 is 2.61 bits per heavy atom. The Morgan fingerprint density at radius 1 is 1.30 bits per heavy atom. The molecule has 2 aromatic carbocycles. The van der Waals surface area contributed by atoms with Gasteiger partial charge in [-0.15, -0.1) is 0 Å². The van der Waals surface area contributed by atoms with Crippen LogP contribution in [0.1, 0.15) is 15.9 Å². The van der Waals surface area contributed by atoms with E-state index in [4.69, 9.17) is 15.2 Å². The van der Waals surface area contributed by atoms with E-state index >= 15 is 0 Å². The van der Waals surface area contributed by atoms with E-state index in [1.165, 1.54) is 7.11 Å². The van der Waals surface area contributed by atoms with Gasteiger partial charge in [-0.2, -0.15) is 0 Å². The van der Waals surface area contributed by atoms with E-state index in [1.807, 2.05) is 30.3 Å². The first-order valence-electron chi connectivity index (χ1n) is 6.66. The van der Waals surface area contributed by atoms with Crippen LogP contribution in [-0.4, -0.2) is 18.1 Å². The predicted molar refractivity (Wildman–Crippen MR) is 101 cm³/mol. The van der Waals surface area contributed by atoms with Gasteiger partial charge in [0, 0.05) is 5.56 Å². The van der Waals surface area contributed by atoms with Gasteiger partial charge in [0.2, 0.25) is 0 Å². The molecule has 0 fully saturated rings. The van der Waals surface area contributed by atoms with Gasteiger partial charge >= 0.3 is 0 Å². The molecule has 0 bridgehead atoms. The van der Waals surface area contributed by atoms with Crippen molar-refractivity contribution in [3.63, 3.8) is 0 Å². The van der Waals surface area contributed by atoms with Crippen LogP contribution in [0.5, 0.6) is 11.5 Å². The van der Waals surface area contributed by atoms with Crippen molar-refractivity contribution < 1.29 is 14.3 Å². The number of hydrogen-bond donors (Lipinski definition) is 2. The van der Waals surface area contributed by atoms with Gasteiger partial charge in [-0.3, -0.25) is 10.1 Å². The summed E-state index contributed by atoms with van der Waals surface area (Å²) < 4.78 is 11.9. The summed E-state index contributed by atoms with van der Waals surface area (Å²) in [5.41, 5.74) is 6.76. The summed E-state index contributed by atoms with van der Waals surface area (Å²) in [6, 6.07) is 13.1. The number of carbonyl (C=O) groups is 1. The lowest BCUT2D eigenvalue weighted by Crippen LogP contribution is -2.34. The maximum absolute atomic E-state index is 12.0. The monoisotopic (exact) mass is 442 g/mol. The molecule has 0 saturated heterocycles. The van der Waals surface area contributed by atoms with Crippen molar-refractivity contribution in [3.8, 4) is 11.5 Å². The molecule has 0 aliphatic rings. The van der Waals surface area contributed by atoms with Gasteiger partial charge in [0.15, 0.2) is 16.6 Å². The number of thiocarbonyl (C=S) groups is 1. The molecule has 2 aromatic rings. The first-order chi connectivity index (χ1) is 11.0. The molecule has 0 atom stereocenters. The Labute approximate surface area is 153 Å². The average Bonchev–Trinajstić information content (AvgIpc) is 2.53. The normalized spacial score (nSPS) is 10.0. The highest BCUT2D eigenvalue weighted by Crippen LogP contribution is 2.34. The van der Waals surface area contributed by atoms with Gasteiger partial charge < -0.3 is 15.2 Å². The lowest BCUT2D eigenvalue weighted by molar-refractivity contribution is 0.0977. The zero-order chi connectivity index (χ0) is 16.8. The highest BCUT2D eigenvalue weighted by molar-refractivity contribution is 14.1. The minimum atomic E-state index is -0.386. The van der Waals surface area contributed by atoms with Crippen molar-refractivity contribution in [1.29, 1.82) is 0 Å². The standard InChI is InChI=1S/C16H15IN2O3S/c1-21-13-8-11(15(20)19-16(18)23)7-12(17)14(13)22-9-10-5-3-2-4-6-10/h2-8H,9H2,1H3,(H3,18,19,20,23). The zero-order valence-electron chi connectivity index (χ0n) is 12.3. The van der Waals surface area contributed by atoms with E-state index in [0.717, 1.165) is 9.13 Å². The summed E-state index contributed by atoms with van der Waals surface area (Å²) >= 11 is 6.77. The Morgan fingerprint density at radius 2 is 2.00 bits per heavy atom. The van der Waals surface area contributed by atoms with Crippen molar-refractivity contribution in [2.75, 3.05) is 7.11 Å². The second-order valence-corrected chi connectivity index (χ2v) is 6.18. The third-order valence-electron chi connectivity index (χ3n) is 2.95. The lowest BCUT2D eigenvalue weighted by Gasteiger charge is -2.14. The molecule has 1 amide bonds. The Balaban J connectivity index is 2.23. The van der Waals surface area contributed by atoms with Crippen LogP contribution in [0.25, 0.3) is 0 Å². The maximum atomic E-state index is 12.0. The van der Waals surface area contributed by atoms with Crippen LogP contribution in [0.3, 0.4) is 0 Å². The van der Waals surface area contributed by atoms with E-state index in [0.29, 0.717) is 23.7 Å². The summed E-state index contributed by atoms with van der Waals surface area (Å²) in [6.07, 6.45) is 0. The summed E-state index contributed by atoms with van der Waals surface area (Å²) in [7, 11) is 1.52. The maximum Gasteiger partial charge on any atom is 0.257 e. The average molecular weight is 442 g/mol. The molecule has 0 aliphatic heterocycles. The molecule has 0 heterocycles. The molecular weight excluding hydrogens is 427 g/mol. The number of nitrogens with one attached hydrogen (secondary N) is 1. The molecule has 5 nitrogen and oxygen atoms in total. The SMILES string of the molecule is COc1cc(C(=O)NC(N)=S)cc(I)c1OCc1ccccc1. The molecule has 0 aliphatic carbocycles. The van der Waals surface area contributed by atoms with E-state index in [1.54, 1.807) is 12.1 Å². The first kappa shape index (κ1) is 17.5. The first-order valence-corrected chi connectivity index (χ1v) is 8.15. The predicted octanol–water partition coefficient (Wildman–Crippen LogP) is 2.85. The topological polar surface area (TPSA) is 73.6 Å². The number of rotatable bonds is 5. The second-order valence-electron chi connectivity index (χ2n) is 4.58. The van der Waals surface area contributed by atoms with Gasteiger partial charge in [0.1, 0.15) is 6.61 Å². The van der Waals surface area contributed by atoms with Crippen LogP contribution in [-0.2, 0) is 6.61 Å². The quantitative estimate of drug-likeness (QED) is 0.551. The molecular formula is C16H15IN2O3S. The summed E-state index contributed by atoms with van der Waals surface area (Å²) in [6.45, 7) is 0.408. The number of hydrogen-bond acceptors (Lipinski definition) is 4. The number of carbonyl (C=O) groups excluding carboxylic acids is 1. The van der Waals surface area contributed by atoms with E-state index < -0.39 is 0 Å². The molecule has 2 rings (SSSR count). The summed E-state index contributed by atoms with van der Waals surface area (Å²) in [5, 5.41) is 2.31. The minimum Gasteiger partial charge on any atom is -0.493 e. The van der Waals surface area contributed by atoms with Crippen LogP contribution in [0.15, 0.2) is 42.5 Å². The molecule has 0 aromatic heterocycles. The molecule has 0 unspecified atom stereocenters. The largest absolute Gasteiger partial charge is 0.493 e. The third-order valence-corrected chi connectivity index (χ3v) is 3.86. The van der Waals surface area contributed by atoms with Gasteiger partial charge in [0.25, 0.3) is 5.91 Å². The fraction of sp³-hybridized carbons (Fsp3) is 0.125. The van der Waals surface area contributed by atoms with Crippen LogP contribution >= 0.6 is 34.8 Å². The number of ether oxygens (including phenoxy) is 2. The lowest BCUT2D eigenvalue weighted by atomic mass is 10.2. The number of halogens is 1. The number of benzene rings is 2. The van der Waals surface area contributed by atoms with Crippen LogP contribution in [0, 0.1) is 3.57 Å². The van der Waals surface area contributed by atoms with Crippen molar-refractivity contribution in [2.24, 2.45) is 5.73 Å². The van der Waals surface area contributed by atoms with Crippen LogP contribution in [0.4, 0.5) is 0 Å². The van der Waals surface area contributed by atoms with Crippen molar-refractivity contribution >= 4 is 45.8 Å². The molecule has 3 N–H and O–H groups in total. The van der Waals surface area contributed by atoms with Gasteiger partial charge in [0.05, 0.1) is 10.7 Å². The van der Waals surface area contributed by atoms with Crippen LogP contribution < -0.4 is 20.5 Å². The van der Waals surface area contributed by atoms with Gasteiger partial charge in [-0.05, 0) is 52.5 Å². The van der Waals surface area contributed by atoms with E-state index in [-0.39, 0.29) is 11.0 Å². The molecule has 23 heavy (non-hydrogen) atoms. The highest BCUT2D eigenvalue weighted by Gasteiger charge is 2.16. The van der Waals surface area contributed by atoms with Gasteiger partial charge in [-0.1, -0.05) is 30.3 Å². The Kier molecular flexibility index (Phi) is 6.17. The summed E-state index contributed by atoms with van der Waals surface area (Å²) in [5.74, 6) is 0.674. The van der Waals surface area contributed by atoms with Crippen LogP contribution in [0.2, 0.25) is 0 Å². The molecule has 7 heteroatoms. The minimum absolute atomic E-state index is 0.0756. The van der Waals surface area contributed by atoms with Crippen molar-refractivity contribution in [2.45, 2.75) is 6.61 Å². The van der Waals surface area contributed by atoms with Crippen molar-refractivity contribution in [3.05, 3.63) is 57.2 Å². The molecule has 0 saturated carbocycles. The molecule has 0 spiro atoms. The fourth-order valence-electron chi connectivity index (χ4n) is 1.90. The zero-order valence-corrected chi connectivity index (χ0v) is 15.3. The number of methoxy groups -OCH3 is 1. The summed E-state index contributed by atoms with van der Waals surface area (Å²) in [4.78, 5) is 12.0. The van der Waals surface area contributed by atoms with Crippen molar-refractivity contribution in [1.82, 2.24) is 5.32 Å². The second kappa shape index (κ2) is 8.11. The number of amides is 1. The van der Waals surface area contributed by atoms with E-state index in [2.05, 4.69) is 40.1 Å². The smallest absolute Gasteiger partial charge is 0.257 e. The molecule has 120 valence electrons. The number of nitrogens with two attached hydrogens (primary N) is 1. The van der Waals surface area contributed by atoms with Gasteiger partial charge in [-0.25, -0.2) is 0 Å². The van der Waals surface area contributed by atoms with E-state index in [9.17, 15) is 4.79 Å². The Bertz CT molecular complexity index is 723. The fourth-order valence-corrected chi connectivity index (χ4v) is 2.75. The highest BCUT2D eigenvalue weighted by atomic mass is 127.